The summed E-state index contributed by atoms with van der Waals surface area (Å²) in [5, 5.41) is 4.80. The van der Waals surface area contributed by atoms with Gasteiger partial charge >= 0.3 is 0 Å². The number of nitrogens with one attached hydrogen (secondary N) is 1. The summed E-state index contributed by atoms with van der Waals surface area (Å²) in [5.74, 6) is 0.828. The lowest BCUT2D eigenvalue weighted by molar-refractivity contribution is 0.0927. The van der Waals surface area contributed by atoms with Gasteiger partial charge in [-0.25, -0.2) is 0 Å². The monoisotopic (exact) mass is 285 g/mol. The fourth-order valence-electron chi connectivity index (χ4n) is 3.05. The van der Waals surface area contributed by atoms with Gasteiger partial charge < -0.3 is 10.1 Å². The first-order chi connectivity index (χ1) is 8.70. The number of hydrogen-bond acceptors (Lipinski definition) is 2. The summed E-state index contributed by atoms with van der Waals surface area (Å²) in [7, 11) is 0. The van der Waals surface area contributed by atoms with Crippen LogP contribution in [-0.4, -0.2) is 18.2 Å². The van der Waals surface area contributed by atoms with Crippen molar-refractivity contribution in [3.63, 3.8) is 0 Å². The average Bonchev–Trinajstić information content (AvgIpc) is 2.33. The molecule has 1 N–H and O–H groups in total. The normalized spacial score (nSPS) is 31.1. The predicted molar refractivity (Wildman–Crippen MR) is 74.7 cm³/mol. The molecular weight excluding hydrogens is 269 g/mol. The molecule has 0 amide bonds. The van der Waals surface area contributed by atoms with Crippen LogP contribution < -0.4 is 10.1 Å². The number of fused-ring (bicyclic) bond motifs is 2. The highest BCUT2D eigenvalue weighted by Crippen LogP contribution is 2.31. The smallest absolute Gasteiger partial charge is 0.121 e. The number of ether oxygens (including phenoxy) is 1. The van der Waals surface area contributed by atoms with Gasteiger partial charge in [0.25, 0.3) is 0 Å². The molecule has 1 aromatic rings. The molecule has 4 heteroatoms. The van der Waals surface area contributed by atoms with Gasteiger partial charge in [0.1, 0.15) is 11.9 Å². The van der Waals surface area contributed by atoms with Crippen LogP contribution in [0.3, 0.4) is 0 Å². The minimum absolute atomic E-state index is 0.304. The maximum absolute atomic E-state index is 6.04. The van der Waals surface area contributed by atoms with Gasteiger partial charge in [-0.1, -0.05) is 29.6 Å². The second-order valence-corrected chi connectivity index (χ2v) is 6.09. The molecule has 2 fully saturated rings. The Morgan fingerprint density at radius 1 is 1.06 bits per heavy atom. The van der Waals surface area contributed by atoms with Crippen molar-refractivity contribution in [2.75, 3.05) is 0 Å². The zero-order valence-corrected chi connectivity index (χ0v) is 11.7. The van der Waals surface area contributed by atoms with E-state index in [2.05, 4.69) is 5.32 Å². The van der Waals surface area contributed by atoms with Gasteiger partial charge in [-0.3, -0.25) is 0 Å². The van der Waals surface area contributed by atoms with E-state index in [-0.39, 0.29) is 0 Å². The van der Waals surface area contributed by atoms with Gasteiger partial charge in [0.2, 0.25) is 0 Å². The van der Waals surface area contributed by atoms with Crippen molar-refractivity contribution < 1.29 is 4.74 Å². The van der Waals surface area contributed by atoms with E-state index in [0.29, 0.717) is 28.2 Å². The van der Waals surface area contributed by atoms with Crippen LogP contribution in [-0.2, 0) is 0 Å². The maximum Gasteiger partial charge on any atom is 0.121 e. The van der Waals surface area contributed by atoms with Crippen LogP contribution in [0.5, 0.6) is 5.75 Å². The summed E-state index contributed by atoms with van der Waals surface area (Å²) in [5.41, 5.74) is 0. The van der Waals surface area contributed by atoms with Gasteiger partial charge in [-0.2, -0.15) is 0 Å². The SMILES string of the molecule is Clc1ccc(O[C@H]2C[C@H]3CCC[C@@H](C2)N3)cc1Cl. The molecule has 2 aliphatic heterocycles. The van der Waals surface area contributed by atoms with Crippen LogP contribution in [0.1, 0.15) is 32.1 Å². The minimum atomic E-state index is 0.304. The zero-order chi connectivity index (χ0) is 12.5. The van der Waals surface area contributed by atoms with Crippen LogP contribution in [0.15, 0.2) is 18.2 Å². The second kappa shape index (κ2) is 5.28. The lowest BCUT2D eigenvalue weighted by Gasteiger charge is -2.40. The van der Waals surface area contributed by atoms with Crippen LogP contribution in [0.4, 0.5) is 0 Å². The molecule has 0 radical (unpaired) electrons. The number of piperidine rings is 2. The van der Waals surface area contributed by atoms with E-state index in [9.17, 15) is 0 Å². The number of hydrogen-bond donors (Lipinski definition) is 1. The summed E-state index contributed by atoms with van der Waals surface area (Å²) in [4.78, 5) is 0. The van der Waals surface area contributed by atoms with Crippen molar-refractivity contribution in [3.05, 3.63) is 28.2 Å². The Kier molecular flexibility index (Phi) is 3.69. The Hall–Kier alpha value is -0.440. The molecule has 18 heavy (non-hydrogen) atoms. The summed E-state index contributed by atoms with van der Waals surface area (Å²) in [6, 6.07) is 6.75. The fraction of sp³-hybridized carbons (Fsp3) is 0.571. The van der Waals surface area contributed by atoms with Crippen LogP contribution in [0.2, 0.25) is 10.0 Å². The number of halogens is 2. The summed E-state index contributed by atoms with van der Waals surface area (Å²) < 4.78 is 6.04. The fourth-order valence-corrected chi connectivity index (χ4v) is 3.34. The molecule has 3 rings (SSSR count). The topological polar surface area (TPSA) is 21.3 Å². The quantitative estimate of drug-likeness (QED) is 0.885. The zero-order valence-electron chi connectivity index (χ0n) is 10.2. The third kappa shape index (κ3) is 2.76. The van der Waals surface area contributed by atoms with Crippen LogP contribution in [0, 0.1) is 0 Å². The molecule has 2 bridgehead atoms. The van der Waals surface area contributed by atoms with Crippen molar-refractivity contribution in [2.24, 2.45) is 0 Å². The van der Waals surface area contributed by atoms with Crippen LogP contribution in [0.25, 0.3) is 0 Å². The molecular formula is C14H17Cl2NO. The second-order valence-electron chi connectivity index (χ2n) is 5.28. The summed E-state index contributed by atoms with van der Waals surface area (Å²) in [6.45, 7) is 0. The summed E-state index contributed by atoms with van der Waals surface area (Å²) in [6.07, 6.45) is 6.39. The van der Waals surface area contributed by atoms with E-state index in [1.165, 1.54) is 19.3 Å². The van der Waals surface area contributed by atoms with E-state index >= 15 is 0 Å². The largest absolute Gasteiger partial charge is 0.490 e. The molecule has 0 unspecified atom stereocenters. The Morgan fingerprint density at radius 3 is 2.44 bits per heavy atom. The Balaban J connectivity index is 1.67. The van der Waals surface area contributed by atoms with Gasteiger partial charge in [0, 0.05) is 18.2 Å². The van der Waals surface area contributed by atoms with Crippen LogP contribution >= 0.6 is 23.2 Å². The molecule has 98 valence electrons. The highest BCUT2D eigenvalue weighted by molar-refractivity contribution is 6.42. The van der Waals surface area contributed by atoms with Gasteiger partial charge in [-0.05, 0) is 37.8 Å². The molecule has 2 aliphatic rings. The van der Waals surface area contributed by atoms with E-state index in [4.69, 9.17) is 27.9 Å². The molecule has 3 atom stereocenters. The predicted octanol–water partition coefficient (Wildman–Crippen LogP) is 4.05. The number of benzene rings is 1. The third-order valence-corrected chi connectivity index (χ3v) is 4.60. The lowest BCUT2D eigenvalue weighted by atomic mass is 9.85. The van der Waals surface area contributed by atoms with Crippen molar-refractivity contribution in [2.45, 2.75) is 50.3 Å². The number of rotatable bonds is 2. The van der Waals surface area contributed by atoms with Gasteiger partial charge in [0.05, 0.1) is 10.0 Å². The van der Waals surface area contributed by atoms with E-state index < -0.39 is 0 Å². The molecule has 2 heterocycles. The molecule has 2 nitrogen and oxygen atoms in total. The molecule has 0 saturated carbocycles. The standard InChI is InChI=1S/C14H17Cl2NO/c15-13-5-4-11(8-14(13)16)18-12-6-9-2-1-3-10(7-12)17-9/h4-5,8-10,12,17H,1-3,6-7H2/t9-,10+,12+. The Morgan fingerprint density at radius 2 is 1.78 bits per heavy atom. The third-order valence-electron chi connectivity index (χ3n) is 3.87. The first-order valence-electron chi connectivity index (χ1n) is 6.58. The molecule has 0 spiro atoms. The lowest BCUT2D eigenvalue weighted by Crippen LogP contribution is -2.51. The maximum atomic E-state index is 6.04. The molecule has 0 aliphatic carbocycles. The van der Waals surface area contributed by atoms with Gasteiger partial charge in [0.15, 0.2) is 0 Å². The van der Waals surface area contributed by atoms with Gasteiger partial charge in [-0.15, -0.1) is 0 Å². The Labute approximate surface area is 118 Å². The van der Waals surface area contributed by atoms with Crippen molar-refractivity contribution >= 4 is 23.2 Å². The van der Waals surface area contributed by atoms with E-state index in [1.54, 1.807) is 6.07 Å². The first kappa shape index (κ1) is 12.6. The van der Waals surface area contributed by atoms with Crippen molar-refractivity contribution in [1.82, 2.24) is 5.32 Å². The van der Waals surface area contributed by atoms with Crippen molar-refractivity contribution in [1.29, 1.82) is 0 Å². The van der Waals surface area contributed by atoms with Crippen molar-refractivity contribution in [3.8, 4) is 5.75 Å². The highest BCUT2D eigenvalue weighted by Gasteiger charge is 2.32. The molecule has 2 saturated heterocycles. The highest BCUT2D eigenvalue weighted by atomic mass is 35.5. The van der Waals surface area contributed by atoms with E-state index in [0.717, 1.165) is 18.6 Å². The molecule has 0 aromatic heterocycles. The first-order valence-corrected chi connectivity index (χ1v) is 7.34. The van der Waals surface area contributed by atoms with E-state index in [1.807, 2.05) is 12.1 Å². The minimum Gasteiger partial charge on any atom is -0.490 e. The average molecular weight is 286 g/mol. The summed E-state index contributed by atoms with van der Waals surface area (Å²) >= 11 is 11.9. The Bertz CT molecular complexity index is 426. The molecule has 1 aromatic carbocycles.